The van der Waals surface area contributed by atoms with E-state index in [2.05, 4.69) is 131 Å². The molecule has 1 aliphatic carbocycles. The molecule has 1 nitrogen and oxygen atoms in total. The second-order valence-electron chi connectivity index (χ2n) is 11.3. The van der Waals surface area contributed by atoms with Crippen LogP contribution >= 0.6 is 0 Å². The Morgan fingerprint density at radius 2 is 1.08 bits per heavy atom. The Hall–Kier alpha value is -4.10. The van der Waals surface area contributed by atoms with Gasteiger partial charge < -0.3 is 4.98 Å². The van der Waals surface area contributed by atoms with E-state index in [1.807, 2.05) is 0 Å². The molecule has 0 fully saturated rings. The molecule has 0 amide bonds. The van der Waals surface area contributed by atoms with Crippen molar-refractivity contribution < 1.29 is 0 Å². The lowest BCUT2D eigenvalue weighted by atomic mass is 9.80. The van der Waals surface area contributed by atoms with Gasteiger partial charge in [0.2, 0.25) is 0 Å². The lowest BCUT2D eigenvalue weighted by Gasteiger charge is -2.22. The Balaban J connectivity index is 1.56. The van der Waals surface area contributed by atoms with E-state index in [4.69, 9.17) is 0 Å². The molecule has 0 aliphatic heterocycles. The van der Waals surface area contributed by atoms with E-state index in [0.717, 1.165) is 0 Å². The minimum atomic E-state index is -0.0317. The predicted molar refractivity (Wildman–Crippen MR) is 158 cm³/mol. The van der Waals surface area contributed by atoms with E-state index in [0.29, 0.717) is 0 Å². The molecule has 0 radical (unpaired) electrons. The van der Waals surface area contributed by atoms with Gasteiger partial charge in [-0.05, 0) is 87.8 Å². The summed E-state index contributed by atoms with van der Waals surface area (Å²) in [6.45, 7) is 11.2. The highest BCUT2D eigenvalue weighted by atomic mass is 14.7. The van der Waals surface area contributed by atoms with Crippen LogP contribution in [0.1, 0.15) is 41.8 Å². The molecule has 1 aliphatic rings. The Morgan fingerprint density at radius 1 is 0.541 bits per heavy atom. The Bertz CT molecular complexity index is 1800. The number of aromatic nitrogens is 1. The maximum atomic E-state index is 3.62. The maximum absolute atomic E-state index is 3.62. The molecular formula is C36H31N. The van der Waals surface area contributed by atoms with Gasteiger partial charge >= 0.3 is 0 Å². The quantitative estimate of drug-likeness (QED) is 0.239. The van der Waals surface area contributed by atoms with Crippen molar-refractivity contribution in [1.29, 1.82) is 0 Å². The third kappa shape index (κ3) is 3.17. The zero-order valence-electron chi connectivity index (χ0n) is 22.2. The van der Waals surface area contributed by atoms with Crippen LogP contribution < -0.4 is 0 Å². The lowest BCUT2D eigenvalue weighted by molar-refractivity contribution is 0.661. The van der Waals surface area contributed by atoms with Gasteiger partial charge in [0.1, 0.15) is 0 Å². The average molecular weight is 478 g/mol. The van der Waals surface area contributed by atoms with E-state index >= 15 is 0 Å². The van der Waals surface area contributed by atoms with Gasteiger partial charge in [-0.3, -0.25) is 0 Å². The van der Waals surface area contributed by atoms with E-state index in [9.17, 15) is 0 Å². The van der Waals surface area contributed by atoms with Gasteiger partial charge in [-0.25, -0.2) is 0 Å². The Kier molecular flexibility index (Phi) is 4.60. The first-order chi connectivity index (χ1) is 17.8. The van der Waals surface area contributed by atoms with Gasteiger partial charge in [-0.2, -0.15) is 0 Å². The first-order valence-corrected chi connectivity index (χ1v) is 13.2. The zero-order valence-corrected chi connectivity index (χ0v) is 22.2. The number of hydrogen-bond acceptors (Lipinski definition) is 0. The third-order valence-electron chi connectivity index (χ3n) is 8.32. The number of hydrogen-bond donors (Lipinski definition) is 1. The van der Waals surface area contributed by atoms with E-state index in [1.165, 1.54) is 83.0 Å². The van der Waals surface area contributed by atoms with Crippen LogP contribution in [0.5, 0.6) is 0 Å². The van der Waals surface area contributed by atoms with Crippen LogP contribution in [0.4, 0.5) is 0 Å². The van der Waals surface area contributed by atoms with Crippen LogP contribution in [0.3, 0.4) is 0 Å². The number of H-pyrrole nitrogens is 1. The smallest absolute Gasteiger partial charge is 0.0500 e. The maximum Gasteiger partial charge on any atom is 0.0500 e. The number of benzene rings is 5. The molecular weight excluding hydrogens is 446 g/mol. The molecule has 1 heteroatoms. The fourth-order valence-electron chi connectivity index (χ4n) is 6.74. The Labute approximate surface area is 218 Å². The highest BCUT2D eigenvalue weighted by Gasteiger charge is 2.37. The van der Waals surface area contributed by atoms with E-state index in [1.54, 1.807) is 0 Å². The van der Waals surface area contributed by atoms with Gasteiger partial charge in [0.15, 0.2) is 0 Å². The number of fused-ring (bicyclic) bond motifs is 5. The molecule has 1 heterocycles. The van der Waals surface area contributed by atoms with Crippen molar-refractivity contribution in [3.05, 3.63) is 119 Å². The lowest BCUT2D eigenvalue weighted by Crippen LogP contribution is -2.14. The van der Waals surface area contributed by atoms with Crippen LogP contribution in [0.15, 0.2) is 91.0 Å². The summed E-state index contributed by atoms with van der Waals surface area (Å²) in [5.41, 5.74) is 14.4. The molecule has 7 rings (SSSR count). The molecule has 0 saturated carbocycles. The molecule has 0 bridgehead atoms. The van der Waals surface area contributed by atoms with Crippen molar-refractivity contribution in [1.82, 2.24) is 4.98 Å². The number of nitrogens with one attached hydrogen (secondary N) is 1. The van der Waals surface area contributed by atoms with Gasteiger partial charge in [0, 0.05) is 16.7 Å². The summed E-state index contributed by atoms with van der Waals surface area (Å²) in [5.74, 6) is 0. The molecule has 1 aromatic heterocycles. The average Bonchev–Trinajstić information content (AvgIpc) is 3.36. The number of aryl methyl sites for hydroxylation is 3. The highest BCUT2D eigenvalue weighted by Crippen LogP contribution is 2.51. The second kappa shape index (κ2) is 7.70. The molecule has 0 unspecified atom stereocenters. The highest BCUT2D eigenvalue weighted by molar-refractivity contribution is 6.21. The fraction of sp³-hybridized carbons (Fsp3) is 0.167. The molecule has 5 aromatic carbocycles. The SMILES string of the molecule is Cc1cc(C)cc(-c2c3ccccc3c(-c3ccc4c(c3)C(C)(C)c3cc(C)[nH]c3-4)c3ccccc23)c1. The summed E-state index contributed by atoms with van der Waals surface area (Å²) in [6.07, 6.45) is 0. The van der Waals surface area contributed by atoms with E-state index < -0.39 is 0 Å². The molecule has 0 saturated heterocycles. The van der Waals surface area contributed by atoms with Gasteiger partial charge in [-0.15, -0.1) is 0 Å². The van der Waals surface area contributed by atoms with Crippen LogP contribution in [-0.4, -0.2) is 4.98 Å². The van der Waals surface area contributed by atoms with E-state index in [-0.39, 0.29) is 5.41 Å². The number of aromatic amines is 1. The summed E-state index contributed by atoms with van der Waals surface area (Å²) < 4.78 is 0. The molecule has 0 atom stereocenters. The third-order valence-corrected chi connectivity index (χ3v) is 8.32. The summed E-state index contributed by atoms with van der Waals surface area (Å²) in [5, 5.41) is 5.23. The van der Waals surface area contributed by atoms with Gasteiger partial charge in [0.25, 0.3) is 0 Å². The van der Waals surface area contributed by atoms with Crippen LogP contribution in [-0.2, 0) is 5.41 Å². The molecule has 6 aromatic rings. The van der Waals surface area contributed by atoms with Gasteiger partial charge in [0.05, 0.1) is 5.69 Å². The predicted octanol–water partition coefficient (Wildman–Crippen LogP) is 9.89. The van der Waals surface area contributed by atoms with Crippen molar-refractivity contribution in [3.63, 3.8) is 0 Å². The van der Waals surface area contributed by atoms with Crippen molar-refractivity contribution in [2.24, 2.45) is 0 Å². The first-order valence-electron chi connectivity index (χ1n) is 13.2. The summed E-state index contributed by atoms with van der Waals surface area (Å²) in [4.78, 5) is 3.62. The molecule has 0 spiro atoms. The summed E-state index contributed by atoms with van der Waals surface area (Å²) in [6, 6.07) is 34.2. The zero-order chi connectivity index (χ0) is 25.5. The number of rotatable bonds is 2. The largest absolute Gasteiger partial charge is 0.358 e. The second-order valence-corrected chi connectivity index (χ2v) is 11.3. The topological polar surface area (TPSA) is 15.8 Å². The minimum Gasteiger partial charge on any atom is -0.358 e. The fourth-order valence-corrected chi connectivity index (χ4v) is 6.74. The molecule has 180 valence electrons. The van der Waals surface area contributed by atoms with Crippen molar-refractivity contribution >= 4 is 21.5 Å². The standard InChI is InChI=1S/C36H31N/c1-21-16-22(2)18-25(17-21)34-28-12-8-6-10-26(28)33(27-11-7-9-13-29(27)34)24-14-15-30-31(20-24)36(4,5)32-19-23(3)37-35(30)32/h6-20,37H,1-5H3. The van der Waals surface area contributed by atoms with Crippen LogP contribution in [0, 0.1) is 20.8 Å². The van der Waals surface area contributed by atoms with Crippen LogP contribution in [0.25, 0.3) is 55.1 Å². The first kappa shape index (κ1) is 22.1. The van der Waals surface area contributed by atoms with Crippen molar-refractivity contribution in [2.45, 2.75) is 40.0 Å². The van der Waals surface area contributed by atoms with Crippen molar-refractivity contribution in [2.75, 3.05) is 0 Å². The normalized spacial score (nSPS) is 13.8. The van der Waals surface area contributed by atoms with Gasteiger partial charge in [-0.1, -0.05) is 104 Å². The molecule has 37 heavy (non-hydrogen) atoms. The summed E-state index contributed by atoms with van der Waals surface area (Å²) >= 11 is 0. The van der Waals surface area contributed by atoms with Crippen molar-refractivity contribution in [3.8, 4) is 33.5 Å². The Morgan fingerprint density at radius 3 is 1.65 bits per heavy atom. The summed E-state index contributed by atoms with van der Waals surface area (Å²) in [7, 11) is 0. The van der Waals surface area contributed by atoms with Crippen LogP contribution in [0.2, 0.25) is 0 Å². The minimum absolute atomic E-state index is 0.0317. The molecule has 1 N–H and O–H groups in total. The monoisotopic (exact) mass is 477 g/mol.